The molecule has 0 radical (unpaired) electrons. The number of amides is 1. The maximum atomic E-state index is 13.7. The molecule has 1 unspecified atom stereocenters. The van der Waals surface area contributed by atoms with E-state index in [1.807, 2.05) is 0 Å². The molecular formula is C24H31FN2O. The van der Waals surface area contributed by atoms with E-state index in [2.05, 4.69) is 54.6 Å². The van der Waals surface area contributed by atoms with Gasteiger partial charge in [0.1, 0.15) is 5.82 Å². The summed E-state index contributed by atoms with van der Waals surface area (Å²) in [6.45, 7) is 0.609. The first-order valence-electron chi connectivity index (χ1n) is 10.3. The molecule has 1 fully saturated rings. The lowest BCUT2D eigenvalue weighted by atomic mass is 9.75. The van der Waals surface area contributed by atoms with Crippen molar-refractivity contribution < 1.29 is 9.18 Å². The van der Waals surface area contributed by atoms with E-state index in [1.54, 1.807) is 12.1 Å². The van der Waals surface area contributed by atoms with Crippen LogP contribution in [-0.2, 0) is 0 Å². The molecule has 28 heavy (non-hydrogen) atoms. The molecule has 0 saturated heterocycles. The quantitative estimate of drug-likeness (QED) is 0.726. The molecule has 4 heteroatoms. The summed E-state index contributed by atoms with van der Waals surface area (Å²) in [6, 6.07) is 17.4. The maximum Gasteiger partial charge on any atom is 0.254 e. The van der Waals surface area contributed by atoms with Gasteiger partial charge in [-0.1, -0.05) is 55.3 Å². The van der Waals surface area contributed by atoms with Gasteiger partial charge in [-0.3, -0.25) is 4.79 Å². The van der Waals surface area contributed by atoms with Crippen LogP contribution in [0.3, 0.4) is 0 Å². The second-order valence-electron chi connectivity index (χ2n) is 8.12. The van der Waals surface area contributed by atoms with Crippen LogP contribution in [0.15, 0.2) is 54.6 Å². The molecule has 1 aliphatic carbocycles. The molecule has 1 saturated carbocycles. The molecule has 1 N–H and O–H groups in total. The van der Waals surface area contributed by atoms with Crippen molar-refractivity contribution in [1.82, 2.24) is 10.2 Å². The van der Waals surface area contributed by atoms with Crippen molar-refractivity contribution in [1.29, 1.82) is 0 Å². The zero-order valence-corrected chi connectivity index (χ0v) is 16.9. The first-order chi connectivity index (χ1) is 13.6. The SMILES string of the molecule is CN(C)C(c1ccccc1)C1CCC(CCNC(=O)c2ccccc2F)CC1. The predicted molar refractivity (Wildman–Crippen MR) is 112 cm³/mol. The highest BCUT2D eigenvalue weighted by Gasteiger charge is 2.29. The molecule has 1 atom stereocenters. The van der Waals surface area contributed by atoms with Gasteiger partial charge in [0.05, 0.1) is 5.56 Å². The fourth-order valence-corrected chi connectivity index (χ4v) is 4.57. The number of hydrogen-bond donors (Lipinski definition) is 1. The van der Waals surface area contributed by atoms with E-state index in [-0.39, 0.29) is 11.5 Å². The standard InChI is InChI=1S/C24H31FN2O/c1-27(2)23(19-8-4-3-5-9-19)20-14-12-18(13-15-20)16-17-26-24(28)21-10-6-7-11-22(21)25/h3-11,18,20,23H,12-17H2,1-2H3,(H,26,28). The molecule has 2 aromatic carbocycles. The van der Waals surface area contributed by atoms with Gasteiger partial charge in [0.15, 0.2) is 0 Å². The second-order valence-corrected chi connectivity index (χ2v) is 8.12. The Labute approximate surface area is 167 Å². The molecule has 3 rings (SSSR count). The van der Waals surface area contributed by atoms with Crippen LogP contribution in [0.1, 0.15) is 54.1 Å². The summed E-state index contributed by atoms with van der Waals surface area (Å²) in [7, 11) is 4.34. The summed E-state index contributed by atoms with van der Waals surface area (Å²) in [5, 5.41) is 2.88. The minimum absolute atomic E-state index is 0.128. The fourth-order valence-electron chi connectivity index (χ4n) is 4.57. The fraction of sp³-hybridized carbons (Fsp3) is 0.458. The molecule has 1 amide bonds. The Morgan fingerprint density at radius 3 is 2.32 bits per heavy atom. The topological polar surface area (TPSA) is 32.3 Å². The Hall–Kier alpha value is -2.20. The Morgan fingerprint density at radius 2 is 1.68 bits per heavy atom. The lowest BCUT2D eigenvalue weighted by Crippen LogP contribution is -2.31. The number of carbonyl (C=O) groups is 1. The highest BCUT2D eigenvalue weighted by molar-refractivity contribution is 5.94. The molecule has 0 bridgehead atoms. The first kappa shape index (κ1) is 20.5. The number of nitrogens with zero attached hydrogens (tertiary/aromatic N) is 1. The Balaban J connectivity index is 1.46. The maximum absolute atomic E-state index is 13.7. The van der Waals surface area contributed by atoms with E-state index >= 15 is 0 Å². The smallest absolute Gasteiger partial charge is 0.254 e. The lowest BCUT2D eigenvalue weighted by Gasteiger charge is -2.37. The van der Waals surface area contributed by atoms with Crippen molar-refractivity contribution in [3.8, 4) is 0 Å². The normalized spacial score (nSPS) is 20.7. The van der Waals surface area contributed by atoms with E-state index in [9.17, 15) is 9.18 Å². The van der Waals surface area contributed by atoms with Crippen LogP contribution in [0.4, 0.5) is 4.39 Å². The summed E-state index contributed by atoms with van der Waals surface area (Å²) in [5.74, 6) is 0.525. The zero-order valence-electron chi connectivity index (χ0n) is 16.9. The number of hydrogen-bond acceptors (Lipinski definition) is 2. The Kier molecular flexibility index (Phi) is 7.21. The summed E-state index contributed by atoms with van der Waals surface area (Å²) in [4.78, 5) is 14.5. The average molecular weight is 383 g/mol. The van der Waals surface area contributed by atoms with Crippen molar-refractivity contribution in [3.05, 3.63) is 71.5 Å². The predicted octanol–water partition coefficient (Wildman–Crippen LogP) is 5.05. The van der Waals surface area contributed by atoms with Gasteiger partial charge in [-0.15, -0.1) is 0 Å². The van der Waals surface area contributed by atoms with Gasteiger partial charge >= 0.3 is 0 Å². The number of nitrogens with one attached hydrogen (secondary N) is 1. The van der Waals surface area contributed by atoms with Gasteiger partial charge < -0.3 is 10.2 Å². The number of rotatable bonds is 7. The number of benzene rings is 2. The highest BCUT2D eigenvalue weighted by Crippen LogP contribution is 2.40. The summed E-state index contributed by atoms with van der Waals surface area (Å²) in [5.41, 5.74) is 1.52. The lowest BCUT2D eigenvalue weighted by molar-refractivity contribution is 0.0943. The zero-order chi connectivity index (χ0) is 19.9. The van der Waals surface area contributed by atoms with Gasteiger partial charge in [-0.2, -0.15) is 0 Å². The average Bonchev–Trinajstić information content (AvgIpc) is 2.70. The van der Waals surface area contributed by atoms with Gasteiger partial charge in [0, 0.05) is 12.6 Å². The van der Waals surface area contributed by atoms with Crippen molar-refractivity contribution in [2.24, 2.45) is 11.8 Å². The van der Waals surface area contributed by atoms with Crippen molar-refractivity contribution in [2.45, 2.75) is 38.1 Å². The minimum Gasteiger partial charge on any atom is -0.352 e. The van der Waals surface area contributed by atoms with Gasteiger partial charge in [-0.05, 0) is 62.9 Å². The third kappa shape index (κ3) is 5.20. The van der Waals surface area contributed by atoms with Crippen LogP contribution in [0, 0.1) is 17.7 Å². The van der Waals surface area contributed by atoms with Gasteiger partial charge in [0.2, 0.25) is 0 Å². The summed E-state index contributed by atoms with van der Waals surface area (Å²) in [6.07, 6.45) is 5.77. The highest BCUT2D eigenvalue weighted by atomic mass is 19.1. The van der Waals surface area contributed by atoms with Crippen molar-refractivity contribution in [2.75, 3.05) is 20.6 Å². The van der Waals surface area contributed by atoms with Crippen LogP contribution in [0.2, 0.25) is 0 Å². The third-order valence-corrected chi connectivity index (χ3v) is 5.99. The summed E-state index contributed by atoms with van der Waals surface area (Å²) >= 11 is 0. The number of carbonyl (C=O) groups excluding carboxylic acids is 1. The Bertz CT molecular complexity index is 754. The monoisotopic (exact) mass is 382 g/mol. The van der Waals surface area contributed by atoms with Gasteiger partial charge in [-0.25, -0.2) is 4.39 Å². The summed E-state index contributed by atoms with van der Waals surface area (Å²) < 4.78 is 13.7. The second kappa shape index (κ2) is 9.83. The van der Waals surface area contributed by atoms with E-state index in [0.29, 0.717) is 24.4 Å². The molecular weight excluding hydrogens is 351 g/mol. The minimum atomic E-state index is -0.462. The van der Waals surface area contributed by atoms with Gasteiger partial charge in [0.25, 0.3) is 5.91 Å². The molecule has 1 aliphatic rings. The van der Waals surface area contributed by atoms with Crippen molar-refractivity contribution in [3.63, 3.8) is 0 Å². The van der Waals surface area contributed by atoms with Crippen LogP contribution < -0.4 is 5.32 Å². The van der Waals surface area contributed by atoms with Crippen LogP contribution in [-0.4, -0.2) is 31.4 Å². The molecule has 0 spiro atoms. The van der Waals surface area contributed by atoms with Crippen LogP contribution >= 0.6 is 0 Å². The van der Waals surface area contributed by atoms with E-state index in [4.69, 9.17) is 0 Å². The molecule has 150 valence electrons. The van der Waals surface area contributed by atoms with E-state index in [1.165, 1.54) is 43.4 Å². The molecule has 0 aliphatic heterocycles. The molecule has 3 nitrogen and oxygen atoms in total. The van der Waals surface area contributed by atoms with Crippen LogP contribution in [0.5, 0.6) is 0 Å². The van der Waals surface area contributed by atoms with E-state index in [0.717, 1.165) is 6.42 Å². The number of halogens is 1. The third-order valence-electron chi connectivity index (χ3n) is 5.99. The molecule has 2 aromatic rings. The molecule has 0 heterocycles. The first-order valence-corrected chi connectivity index (χ1v) is 10.3. The van der Waals surface area contributed by atoms with E-state index < -0.39 is 5.82 Å². The largest absolute Gasteiger partial charge is 0.352 e. The van der Waals surface area contributed by atoms with Crippen molar-refractivity contribution >= 4 is 5.91 Å². The Morgan fingerprint density at radius 1 is 1.04 bits per heavy atom. The van der Waals surface area contributed by atoms with Crippen LogP contribution in [0.25, 0.3) is 0 Å². The molecule has 0 aromatic heterocycles.